The van der Waals surface area contributed by atoms with Crippen LogP contribution >= 0.6 is 0 Å². The number of carbonyl (C=O) groups excluding carboxylic acids is 1. The van der Waals surface area contributed by atoms with Gasteiger partial charge in [0, 0.05) is 12.6 Å². The van der Waals surface area contributed by atoms with Gasteiger partial charge in [-0.2, -0.15) is 0 Å². The van der Waals surface area contributed by atoms with E-state index in [9.17, 15) is 9.18 Å². The number of nitrogens with zero attached hydrogens (tertiary/aromatic N) is 1. The maximum absolute atomic E-state index is 13.0. The molecule has 0 radical (unpaired) electrons. The number of rotatable bonds is 2. The van der Waals surface area contributed by atoms with Crippen molar-refractivity contribution in [2.24, 2.45) is 0 Å². The van der Waals surface area contributed by atoms with Crippen molar-refractivity contribution in [2.45, 2.75) is 31.5 Å². The van der Waals surface area contributed by atoms with E-state index in [-0.39, 0.29) is 23.9 Å². The summed E-state index contributed by atoms with van der Waals surface area (Å²) in [5.41, 5.74) is 7.00. The molecular formula is C15H20FN3O2. The summed E-state index contributed by atoms with van der Waals surface area (Å²) in [5, 5.41) is 0. The van der Waals surface area contributed by atoms with Gasteiger partial charge in [0.05, 0.1) is 13.2 Å². The van der Waals surface area contributed by atoms with Crippen LogP contribution in [0.2, 0.25) is 0 Å². The number of carbonyl (C=O) groups is 1. The molecule has 1 amide bonds. The number of benzene rings is 1. The zero-order chi connectivity index (χ0) is 14.8. The molecule has 114 valence electrons. The third kappa shape index (κ3) is 3.23. The lowest BCUT2D eigenvalue weighted by molar-refractivity contribution is -0.141. The highest BCUT2D eigenvalue weighted by Crippen LogP contribution is 2.23. The first-order valence-corrected chi connectivity index (χ1v) is 7.30. The zero-order valence-corrected chi connectivity index (χ0v) is 12.0. The van der Waals surface area contributed by atoms with Crippen LogP contribution in [0.5, 0.6) is 0 Å². The largest absolute Gasteiger partial charge is 0.370 e. The molecule has 3 atom stereocenters. The molecule has 21 heavy (non-hydrogen) atoms. The van der Waals surface area contributed by atoms with Gasteiger partial charge in [0.1, 0.15) is 18.0 Å². The molecule has 2 N–H and O–H groups in total. The zero-order valence-electron chi connectivity index (χ0n) is 12.0. The smallest absolute Gasteiger partial charge is 0.241 e. The Hall–Kier alpha value is -1.50. The summed E-state index contributed by atoms with van der Waals surface area (Å²) in [7, 11) is 0. The Kier molecular flexibility index (Phi) is 4.19. The Labute approximate surface area is 123 Å². The van der Waals surface area contributed by atoms with E-state index in [0.717, 1.165) is 12.0 Å². The number of amides is 1. The number of nitrogens with one attached hydrogen (secondary N) is 2. The third-order valence-electron chi connectivity index (χ3n) is 4.01. The van der Waals surface area contributed by atoms with E-state index >= 15 is 0 Å². The molecule has 0 saturated carbocycles. The van der Waals surface area contributed by atoms with E-state index < -0.39 is 0 Å². The molecule has 3 rings (SSSR count). The highest BCUT2D eigenvalue weighted by Gasteiger charge is 2.33. The third-order valence-corrected chi connectivity index (χ3v) is 4.01. The average Bonchev–Trinajstić information content (AvgIpc) is 2.94. The predicted octanol–water partition coefficient (Wildman–Crippen LogP) is 0.981. The van der Waals surface area contributed by atoms with Crippen molar-refractivity contribution in [1.29, 1.82) is 0 Å². The molecule has 0 aromatic heterocycles. The fourth-order valence-corrected chi connectivity index (χ4v) is 2.83. The molecule has 1 aromatic carbocycles. The van der Waals surface area contributed by atoms with Crippen molar-refractivity contribution < 1.29 is 13.9 Å². The van der Waals surface area contributed by atoms with Crippen molar-refractivity contribution in [3.63, 3.8) is 0 Å². The summed E-state index contributed by atoms with van der Waals surface area (Å²) >= 11 is 0. The van der Waals surface area contributed by atoms with Crippen LogP contribution in [0.15, 0.2) is 24.3 Å². The highest BCUT2D eigenvalue weighted by molar-refractivity contribution is 5.82. The standard InChI is InChI=1S/C15H20FN3O2/c1-10-8-13(18-17-10)15(20)19-6-7-21-14(9-19)11-2-4-12(16)5-3-11/h2-5,10,13-14,17-18H,6-9H2,1H3. The van der Waals surface area contributed by atoms with Gasteiger partial charge < -0.3 is 9.64 Å². The van der Waals surface area contributed by atoms with E-state index in [4.69, 9.17) is 4.74 Å². The SMILES string of the molecule is CC1CC(C(=O)N2CCOC(c3ccc(F)cc3)C2)NN1. The lowest BCUT2D eigenvalue weighted by atomic mass is 10.1. The van der Waals surface area contributed by atoms with Crippen molar-refractivity contribution in [1.82, 2.24) is 15.8 Å². The van der Waals surface area contributed by atoms with Gasteiger partial charge in [-0.15, -0.1) is 0 Å². The van der Waals surface area contributed by atoms with E-state index in [1.165, 1.54) is 12.1 Å². The molecule has 2 fully saturated rings. The van der Waals surface area contributed by atoms with Crippen LogP contribution in [-0.2, 0) is 9.53 Å². The first kappa shape index (κ1) is 14.4. The van der Waals surface area contributed by atoms with Gasteiger partial charge in [0.15, 0.2) is 0 Å². The summed E-state index contributed by atoms with van der Waals surface area (Å²) in [5.74, 6) is -0.167. The quantitative estimate of drug-likeness (QED) is 0.853. The first-order chi connectivity index (χ1) is 10.1. The first-order valence-electron chi connectivity index (χ1n) is 7.30. The highest BCUT2D eigenvalue weighted by atomic mass is 19.1. The normalized spacial score (nSPS) is 29.6. The average molecular weight is 293 g/mol. The number of hydrazine groups is 1. The van der Waals surface area contributed by atoms with Gasteiger partial charge >= 0.3 is 0 Å². The fourth-order valence-electron chi connectivity index (χ4n) is 2.83. The summed E-state index contributed by atoms with van der Waals surface area (Å²) in [6.07, 6.45) is 0.604. The molecule has 0 bridgehead atoms. The molecule has 2 heterocycles. The van der Waals surface area contributed by atoms with E-state index in [1.807, 2.05) is 11.8 Å². The molecule has 2 aliphatic rings. The Morgan fingerprint density at radius 1 is 1.33 bits per heavy atom. The molecule has 0 spiro atoms. The Bertz CT molecular complexity index is 508. The topological polar surface area (TPSA) is 53.6 Å². The molecular weight excluding hydrogens is 273 g/mol. The van der Waals surface area contributed by atoms with Crippen molar-refractivity contribution in [3.8, 4) is 0 Å². The van der Waals surface area contributed by atoms with Crippen molar-refractivity contribution in [2.75, 3.05) is 19.7 Å². The Morgan fingerprint density at radius 3 is 2.76 bits per heavy atom. The van der Waals surface area contributed by atoms with Crippen LogP contribution in [0.4, 0.5) is 4.39 Å². The molecule has 1 aromatic rings. The lowest BCUT2D eigenvalue weighted by Crippen LogP contribution is -2.50. The second-order valence-corrected chi connectivity index (χ2v) is 5.67. The van der Waals surface area contributed by atoms with Crippen LogP contribution in [0.3, 0.4) is 0 Å². The van der Waals surface area contributed by atoms with Crippen LogP contribution in [-0.4, -0.2) is 42.6 Å². The molecule has 3 unspecified atom stereocenters. The van der Waals surface area contributed by atoms with Gasteiger partial charge in [0.2, 0.25) is 5.91 Å². The lowest BCUT2D eigenvalue weighted by Gasteiger charge is -2.34. The molecule has 2 aliphatic heterocycles. The molecule has 2 saturated heterocycles. The summed E-state index contributed by atoms with van der Waals surface area (Å²) in [4.78, 5) is 14.3. The van der Waals surface area contributed by atoms with Crippen molar-refractivity contribution in [3.05, 3.63) is 35.6 Å². The maximum Gasteiger partial charge on any atom is 0.241 e. The summed E-state index contributed by atoms with van der Waals surface area (Å²) < 4.78 is 18.7. The molecule has 0 aliphatic carbocycles. The minimum atomic E-state index is -0.266. The van der Waals surface area contributed by atoms with Crippen LogP contribution in [0.25, 0.3) is 0 Å². The number of hydrogen-bond acceptors (Lipinski definition) is 4. The van der Waals surface area contributed by atoms with Gasteiger partial charge in [-0.05, 0) is 31.0 Å². The van der Waals surface area contributed by atoms with Crippen LogP contribution < -0.4 is 10.9 Å². The second-order valence-electron chi connectivity index (χ2n) is 5.67. The van der Waals surface area contributed by atoms with Crippen LogP contribution in [0, 0.1) is 5.82 Å². The van der Waals surface area contributed by atoms with Crippen LogP contribution in [0.1, 0.15) is 25.0 Å². The number of ether oxygens (including phenoxy) is 1. The number of morpholine rings is 1. The van der Waals surface area contributed by atoms with Gasteiger partial charge in [-0.1, -0.05) is 12.1 Å². The minimum Gasteiger partial charge on any atom is -0.370 e. The Morgan fingerprint density at radius 2 is 2.10 bits per heavy atom. The minimum absolute atomic E-state index is 0.0993. The summed E-state index contributed by atoms with van der Waals surface area (Å²) in [6, 6.07) is 6.39. The second kappa shape index (κ2) is 6.09. The monoisotopic (exact) mass is 293 g/mol. The molecule has 5 nitrogen and oxygen atoms in total. The maximum atomic E-state index is 13.0. The van der Waals surface area contributed by atoms with E-state index in [0.29, 0.717) is 25.7 Å². The van der Waals surface area contributed by atoms with Crippen molar-refractivity contribution >= 4 is 5.91 Å². The van der Waals surface area contributed by atoms with Gasteiger partial charge in [-0.3, -0.25) is 10.2 Å². The van der Waals surface area contributed by atoms with Gasteiger partial charge in [0.25, 0.3) is 0 Å². The summed E-state index contributed by atoms with van der Waals surface area (Å²) in [6.45, 7) is 3.66. The molecule has 6 heteroatoms. The number of hydrogen-bond donors (Lipinski definition) is 2. The predicted molar refractivity (Wildman–Crippen MR) is 75.8 cm³/mol. The number of halogens is 1. The van der Waals surface area contributed by atoms with Gasteiger partial charge in [-0.25, -0.2) is 9.82 Å². The fraction of sp³-hybridized carbons (Fsp3) is 0.533. The Balaban J connectivity index is 1.65. The van der Waals surface area contributed by atoms with E-state index in [2.05, 4.69) is 10.9 Å². The van der Waals surface area contributed by atoms with E-state index in [1.54, 1.807) is 12.1 Å².